The molecule has 3 aromatic rings. The topological polar surface area (TPSA) is 66.5 Å². The molecular weight excluding hydrogens is 408 g/mol. The Morgan fingerprint density at radius 3 is 2.03 bits per heavy atom. The Hall–Kier alpha value is -3.12. The van der Waals surface area contributed by atoms with Gasteiger partial charge in [-0.05, 0) is 54.8 Å². The zero-order valence-corrected chi connectivity index (χ0v) is 18.3. The van der Waals surface area contributed by atoms with Gasteiger partial charge in [0.2, 0.25) is 0 Å². The fraction of sp³-hybridized carbons (Fsp3) is 0.240. The third kappa shape index (κ3) is 4.21. The third-order valence-electron chi connectivity index (χ3n) is 6.18. The summed E-state index contributed by atoms with van der Waals surface area (Å²) in [5.74, 6) is -0.192. The van der Waals surface area contributed by atoms with Crippen molar-refractivity contribution < 1.29 is 13.2 Å². The number of sulfonamides is 1. The summed E-state index contributed by atoms with van der Waals surface area (Å²) < 4.78 is 27.0. The number of hydrogen-bond donors (Lipinski definition) is 1. The molecule has 0 radical (unpaired) electrons. The van der Waals surface area contributed by atoms with Crippen LogP contribution in [0.1, 0.15) is 35.2 Å². The normalized spacial score (nSPS) is 15.0. The van der Waals surface area contributed by atoms with Gasteiger partial charge in [-0.15, -0.1) is 0 Å². The lowest BCUT2D eigenvalue weighted by molar-refractivity contribution is 0.0927. The number of anilines is 1. The van der Waals surface area contributed by atoms with Gasteiger partial charge < -0.3 is 5.32 Å². The Balaban J connectivity index is 1.45. The van der Waals surface area contributed by atoms with Gasteiger partial charge >= 0.3 is 0 Å². The van der Waals surface area contributed by atoms with E-state index in [0.29, 0.717) is 17.8 Å². The molecule has 3 aromatic carbocycles. The Kier molecular flexibility index (Phi) is 5.83. The minimum Gasteiger partial charge on any atom is -0.351 e. The minimum absolute atomic E-state index is 0.00139. The van der Waals surface area contributed by atoms with E-state index in [2.05, 4.69) is 17.4 Å². The maximum Gasteiger partial charge on any atom is 0.264 e. The van der Waals surface area contributed by atoms with Crippen molar-refractivity contribution in [3.63, 3.8) is 0 Å². The van der Waals surface area contributed by atoms with Crippen LogP contribution in [0.25, 0.3) is 0 Å². The third-order valence-corrected chi connectivity index (χ3v) is 7.98. The molecular formula is C25H26N2O3S. The molecule has 31 heavy (non-hydrogen) atoms. The highest BCUT2D eigenvalue weighted by molar-refractivity contribution is 7.92. The van der Waals surface area contributed by atoms with E-state index in [9.17, 15) is 13.2 Å². The maximum absolute atomic E-state index is 12.9. The van der Waals surface area contributed by atoms with E-state index in [0.717, 1.165) is 19.3 Å². The predicted molar refractivity (Wildman–Crippen MR) is 123 cm³/mol. The highest BCUT2D eigenvalue weighted by Gasteiger charge is 2.38. The van der Waals surface area contributed by atoms with Crippen LogP contribution in [0.4, 0.5) is 5.69 Å². The van der Waals surface area contributed by atoms with Gasteiger partial charge in [-0.25, -0.2) is 8.42 Å². The van der Waals surface area contributed by atoms with E-state index in [1.807, 2.05) is 24.3 Å². The molecule has 4 rings (SSSR count). The number of amides is 1. The minimum atomic E-state index is -3.70. The van der Waals surface area contributed by atoms with Crippen molar-refractivity contribution in [3.05, 3.63) is 96.1 Å². The van der Waals surface area contributed by atoms with Crippen LogP contribution >= 0.6 is 0 Å². The first kappa shape index (κ1) is 21.1. The number of nitrogens with one attached hydrogen (secondary N) is 1. The Morgan fingerprint density at radius 1 is 0.903 bits per heavy atom. The molecule has 1 fully saturated rings. The van der Waals surface area contributed by atoms with Gasteiger partial charge in [0.05, 0.1) is 10.6 Å². The molecule has 0 unspecified atom stereocenters. The van der Waals surface area contributed by atoms with Gasteiger partial charge in [-0.3, -0.25) is 9.10 Å². The molecule has 0 aliphatic heterocycles. The highest BCUT2D eigenvalue weighted by atomic mass is 32.2. The summed E-state index contributed by atoms with van der Waals surface area (Å²) in [5, 5.41) is 3.05. The Morgan fingerprint density at radius 2 is 1.48 bits per heavy atom. The standard InChI is InChI=1S/C25H26N2O3S/c1-27(22-11-6-3-7-12-22)31(29,30)23-15-13-20(14-16-23)24(28)26-19-25(17-8-18-25)21-9-4-2-5-10-21/h2-7,9-16H,8,17-19H2,1H3,(H,26,28). The SMILES string of the molecule is CN(c1ccccc1)S(=O)(=O)c1ccc(C(=O)NCC2(c3ccccc3)CCC2)cc1. The van der Waals surface area contributed by atoms with Crippen LogP contribution in [0.15, 0.2) is 89.8 Å². The molecule has 5 nitrogen and oxygen atoms in total. The van der Waals surface area contributed by atoms with Crippen LogP contribution in [0.3, 0.4) is 0 Å². The first-order chi connectivity index (χ1) is 14.9. The number of nitrogens with zero attached hydrogens (tertiary/aromatic N) is 1. The molecule has 0 spiro atoms. The first-order valence-electron chi connectivity index (χ1n) is 10.4. The van der Waals surface area contributed by atoms with E-state index in [4.69, 9.17) is 0 Å². The second-order valence-corrected chi connectivity index (χ2v) is 9.98. The van der Waals surface area contributed by atoms with Gasteiger partial charge in [-0.2, -0.15) is 0 Å². The van der Waals surface area contributed by atoms with E-state index in [-0.39, 0.29) is 16.2 Å². The molecule has 1 N–H and O–H groups in total. The van der Waals surface area contributed by atoms with E-state index < -0.39 is 10.0 Å². The second kappa shape index (κ2) is 8.55. The van der Waals surface area contributed by atoms with Crippen molar-refractivity contribution in [3.8, 4) is 0 Å². The molecule has 0 saturated heterocycles. The summed E-state index contributed by atoms with van der Waals surface area (Å²) in [5.41, 5.74) is 2.28. The van der Waals surface area contributed by atoms with Crippen LogP contribution in [-0.4, -0.2) is 27.9 Å². The number of benzene rings is 3. The first-order valence-corrected chi connectivity index (χ1v) is 11.8. The van der Waals surface area contributed by atoms with Crippen LogP contribution < -0.4 is 9.62 Å². The fourth-order valence-corrected chi connectivity index (χ4v) is 5.22. The summed E-state index contributed by atoms with van der Waals surface area (Å²) in [6, 6.07) is 25.3. The van der Waals surface area contributed by atoms with Crippen LogP contribution in [-0.2, 0) is 15.4 Å². The van der Waals surface area contributed by atoms with Gasteiger partial charge in [0, 0.05) is 24.6 Å². The maximum atomic E-state index is 12.9. The lowest BCUT2D eigenvalue weighted by Crippen LogP contribution is -2.45. The van der Waals surface area contributed by atoms with Crippen LogP contribution in [0.2, 0.25) is 0 Å². The number of carbonyl (C=O) groups is 1. The molecule has 1 saturated carbocycles. The molecule has 0 atom stereocenters. The average molecular weight is 435 g/mol. The molecule has 0 heterocycles. The van der Waals surface area contributed by atoms with Crippen LogP contribution in [0.5, 0.6) is 0 Å². The van der Waals surface area contributed by atoms with Crippen molar-refractivity contribution in [1.82, 2.24) is 5.32 Å². The van der Waals surface area contributed by atoms with Crippen LogP contribution in [0, 0.1) is 0 Å². The summed E-state index contributed by atoms with van der Waals surface area (Å²) in [6.07, 6.45) is 3.27. The summed E-state index contributed by atoms with van der Waals surface area (Å²) in [7, 11) is -2.18. The summed E-state index contributed by atoms with van der Waals surface area (Å²) in [6.45, 7) is 0.576. The molecule has 0 aromatic heterocycles. The summed E-state index contributed by atoms with van der Waals surface area (Å²) in [4.78, 5) is 12.9. The largest absolute Gasteiger partial charge is 0.351 e. The van der Waals surface area contributed by atoms with Gasteiger partial charge in [0.1, 0.15) is 0 Å². The number of rotatable bonds is 7. The summed E-state index contributed by atoms with van der Waals surface area (Å²) >= 11 is 0. The van der Waals surface area contributed by atoms with E-state index >= 15 is 0 Å². The molecule has 1 amide bonds. The zero-order chi connectivity index (χ0) is 21.9. The quantitative estimate of drug-likeness (QED) is 0.601. The number of para-hydroxylation sites is 1. The molecule has 160 valence electrons. The monoisotopic (exact) mass is 434 g/mol. The van der Waals surface area contributed by atoms with E-state index in [1.165, 1.54) is 29.0 Å². The molecule has 6 heteroatoms. The highest BCUT2D eigenvalue weighted by Crippen LogP contribution is 2.43. The van der Waals surface area contributed by atoms with Crippen molar-refractivity contribution in [1.29, 1.82) is 0 Å². The van der Waals surface area contributed by atoms with Gasteiger partial charge in [-0.1, -0.05) is 55.0 Å². The Bertz CT molecular complexity index is 1140. The van der Waals surface area contributed by atoms with Gasteiger partial charge in [0.25, 0.3) is 15.9 Å². The number of carbonyl (C=O) groups excluding carboxylic acids is 1. The number of hydrogen-bond acceptors (Lipinski definition) is 3. The molecule has 1 aliphatic rings. The predicted octanol–water partition coefficient (Wildman–Crippen LogP) is 4.36. The van der Waals surface area contributed by atoms with Crippen molar-refractivity contribution in [2.24, 2.45) is 0 Å². The van der Waals surface area contributed by atoms with E-state index in [1.54, 1.807) is 36.4 Å². The average Bonchev–Trinajstić information content (AvgIpc) is 2.79. The Labute approximate surface area is 183 Å². The lowest BCUT2D eigenvalue weighted by atomic mass is 9.64. The van der Waals surface area contributed by atoms with Crippen molar-refractivity contribution in [2.75, 3.05) is 17.9 Å². The fourth-order valence-electron chi connectivity index (χ4n) is 4.03. The van der Waals surface area contributed by atoms with Crippen molar-refractivity contribution >= 4 is 21.6 Å². The molecule has 0 bridgehead atoms. The smallest absolute Gasteiger partial charge is 0.264 e. The molecule has 1 aliphatic carbocycles. The van der Waals surface area contributed by atoms with Crippen molar-refractivity contribution in [2.45, 2.75) is 29.6 Å². The zero-order valence-electron chi connectivity index (χ0n) is 17.5. The van der Waals surface area contributed by atoms with Gasteiger partial charge in [0.15, 0.2) is 0 Å². The lowest BCUT2D eigenvalue weighted by Gasteiger charge is -2.42. The second-order valence-electron chi connectivity index (χ2n) is 8.02.